The van der Waals surface area contributed by atoms with E-state index < -0.39 is 35.8 Å². The van der Waals surface area contributed by atoms with Crippen LogP contribution in [0.2, 0.25) is 10.0 Å². The summed E-state index contributed by atoms with van der Waals surface area (Å²) in [5.74, 6) is -3.64. The number of nitrogens with one attached hydrogen (secondary N) is 2. The zero-order chi connectivity index (χ0) is 23.7. The van der Waals surface area contributed by atoms with Crippen LogP contribution in [0, 0.1) is 0 Å². The predicted octanol–water partition coefficient (Wildman–Crippen LogP) is 3.44. The minimum absolute atomic E-state index is 0.0171. The summed E-state index contributed by atoms with van der Waals surface area (Å²) in [5, 5.41) is 24.4. The summed E-state index contributed by atoms with van der Waals surface area (Å²) in [6.07, 6.45) is 0. The first-order valence-corrected chi connectivity index (χ1v) is 12.2. The molecule has 170 valence electrons. The van der Waals surface area contributed by atoms with Gasteiger partial charge in [0.15, 0.2) is 0 Å². The highest BCUT2D eigenvalue weighted by molar-refractivity contribution is 8.76. The number of hydrogen-bond donors (Lipinski definition) is 4. The fourth-order valence-corrected chi connectivity index (χ4v) is 4.83. The third kappa shape index (κ3) is 8.27. The van der Waals surface area contributed by atoms with Crippen molar-refractivity contribution in [1.29, 1.82) is 0 Å². The summed E-state index contributed by atoms with van der Waals surface area (Å²) < 4.78 is 0. The Kier molecular flexibility index (Phi) is 10.2. The molecule has 0 spiro atoms. The Labute approximate surface area is 201 Å². The van der Waals surface area contributed by atoms with Crippen LogP contribution in [0.5, 0.6) is 0 Å². The minimum Gasteiger partial charge on any atom is -0.480 e. The lowest BCUT2D eigenvalue weighted by molar-refractivity contribution is -0.139. The van der Waals surface area contributed by atoms with Crippen LogP contribution in [0.15, 0.2) is 48.5 Å². The number of carboxylic acid groups (broad SMARTS) is 2. The second-order valence-electron chi connectivity index (χ2n) is 6.31. The maximum absolute atomic E-state index is 12.2. The second-order valence-corrected chi connectivity index (χ2v) is 9.74. The van der Waals surface area contributed by atoms with Crippen molar-refractivity contribution in [1.82, 2.24) is 10.6 Å². The van der Waals surface area contributed by atoms with E-state index >= 15 is 0 Å². The van der Waals surface area contributed by atoms with E-state index in [1.165, 1.54) is 48.5 Å². The molecular weight excluding hydrogens is 499 g/mol. The zero-order valence-electron chi connectivity index (χ0n) is 16.3. The molecule has 0 unspecified atom stereocenters. The molecule has 0 aromatic heterocycles. The van der Waals surface area contributed by atoms with Gasteiger partial charge in [0.05, 0.1) is 0 Å². The number of hydrogen-bond acceptors (Lipinski definition) is 6. The summed E-state index contributed by atoms with van der Waals surface area (Å²) in [6.45, 7) is 0. The number of carbonyl (C=O) groups excluding carboxylic acids is 2. The van der Waals surface area contributed by atoms with E-state index in [1.807, 2.05) is 0 Å². The van der Waals surface area contributed by atoms with E-state index in [4.69, 9.17) is 23.2 Å². The van der Waals surface area contributed by atoms with Crippen LogP contribution >= 0.6 is 44.8 Å². The molecule has 2 aromatic carbocycles. The summed E-state index contributed by atoms with van der Waals surface area (Å²) in [7, 11) is 2.14. The number of aliphatic carboxylic acids is 2. The molecule has 2 aromatic rings. The van der Waals surface area contributed by atoms with E-state index in [9.17, 15) is 29.4 Å². The van der Waals surface area contributed by atoms with E-state index in [-0.39, 0.29) is 22.6 Å². The summed E-state index contributed by atoms with van der Waals surface area (Å²) in [4.78, 5) is 47.4. The molecule has 0 saturated heterocycles. The van der Waals surface area contributed by atoms with Crippen molar-refractivity contribution in [3.63, 3.8) is 0 Å². The van der Waals surface area contributed by atoms with Gasteiger partial charge in [-0.2, -0.15) is 0 Å². The lowest BCUT2D eigenvalue weighted by atomic mass is 10.2. The molecule has 0 heterocycles. The number of carboxylic acids is 2. The Morgan fingerprint density at radius 2 is 1.00 bits per heavy atom. The molecule has 0 aliphatic heterocycles. The molecule has 0 saturated carbocycles. The standard InChI is InChI=1S/C20H18Cl2N2O6S2/c21-13-5-1-11(2-6-13)17(25)23-15(19(27)28)9-31-32-10-16(20(29)30)24-18(26)12-3-7-14(22)8-4-12/h1-8,15-16H,9-10H2,(H,23,25)(H,24,26)(H,27,28)(H,29,30)/t15-,16-/m0/s1. The third-order valence-corrected chi connectivity index (χ3v) is 6.90. The summed E-state index contributed by atoms with van der Waals surface area (Å²) in [5.41, 5.74) is 0.517. The molecular formula is C20H18Cl2N2O6S2. The summed E-state index contributed by atoms with van der Waals surface area (Å²) in [6, 6.07) is 9.56. The smallest absolute Gasteiger partial charge is 0.327 e. The molecule has 32 heavy (non-hydrogen) atoms. The van der Waals surface area contributed by atoms with Gasteiger partial charge in [0.2, 0.25) is 0 Å². The molecule has 0 bridgehead atoms. The normalized spacial score (nSPS) is 12.4. The van der Waals surface area contributed by atoms with Crippen LogP contribution in [0.1, 0.15) is 20.7 Å². The van der Waals surface area contributed by atoms with Gasteiger partial charge in [0.25, 0.3) is 11.8 Å². The molecule has 4 N–H and O–H groups in total. The molecule has 0 aliphatic carbocycles. The molecule has 0 fully saturated rings. The Balaban J connectivity index is 1.85. The van der Waals surface area contributed by atoms with E-state index in [1.54, 1.807) is 0 Å². The predicted molar refractivity (Wildman–Crippen MR) is 126 cm³/mol. The largest absolute Gasteiger partial charge is 0.480 e. The minimum atomic E-state index is -1.23. The summed E-state index contributed by atoms with van der Waals surface area (Å²) >= 11 is 11.5. The Morgan fingerprint density at radius 3 is 1.28 bits per heavy atom. The average Bonchev–Trinajstić information content (AvgIpc) is 2.75. The SMILES string of the molecule is O=C(N[C@@H](CSSC[C@H](NC(=O)c1ccc(Cl)cc1)C(=O)O)C(=O)O)c1ccc(Cl)cc1. The lowest BCUT2D eigenvalue weighted by Gasteiger charge is -2.16. The van der Waals surface area contributed by atoms with Crippen molar-refractivity contribution in [2.45, 2.75) is 12.1 Å². The van der Waals surface area contributed by atoms with Gasteiger partial charge in [-0.1, -0.05) is 44.8 Å². The number of carbonyl (C=O) groups is 4. The average molecular weight is 517 g/mol. The number of rotatable bonds is 11. The zero-order valence-corrected chi connectivity index (χ0v) is 19.4. The number of benzene rings is 2. The topological polar surface area (TPSA) is 133 Å². The van der Waals surface area contributed by atoms with Crippen LogP contribution in [0.4, 0.5) is 0 Å². The van der Waals surface area contributed by atoms with Gasteiger partial charge in [-0.3, -0.25) is 9.59 Å². The second kappa shape index (κ2) is 12.6. The fourth-order valence-electron chi connectivity index (χ4n) is 2.27. The highest BCUT2D eigenvalue weighted by Gasteiger charge is 2.23. The van der Waals surface area contributed by atoms with Crippen LogP contribution < -0.4 is 10.6 Å². The van der Waals surface area contributed by atoms with Gasteiger partial charge in [-0.25, -0.2) is 9.59 Å². The maximum Gasteiger partial charge on any atom is 0.327 e. The Morgan fingerprint density at radius 1 is 0.688 bits per heavy atom. The molecule has 2 amide bonds. The van der Waals surface area contributed by atoms with Gasteiger partial charge in [0, 0.05) is 32.7 Å². The van der Waals surface area contributed by atoms with Gasteiger partial charge >= 0.3 is 11.9 Å². The third-order valence-electron chi connectivity index (χ3n) is 3.97. The first-order valence-electron chi connectivity index (χ1n) is 9.00. The first kappa shape index (κ1) is 25.9. The molecule has 2 atom stereocenters. The molecule has 0 aliphatic rings. The van der Waals surface area contributed by atoms with Crippen molar-refractivity contribution in [2.24, 2.45) is 0 Å². The van der Waals surface area contributed by atoms with Gasteiger partial charge in [0.1, 0.15) is 12.1 Å². The van der Waals surface area contributed by atoms with Crippen molar-refractivity contribution in [2.75, 3.05) is 11.5 Å². The lowest BCUT2D eigenvalue weighted by Crippen LogP contribution is -2.43. The van der Waals surface area contributed by atoms with E-state index in [0.29, 0.717) is 10.0 Å². The van der Waals surface area contributed by atoms with Gasteiger partial charge in [-0.05, 0) is 48.5 Å². The Bertz CT molecular complexity index is 894. The highest BCUT2D eigenvalue weighted by Crippen LogP contribution is 2.23. The monoisotopic (exact) mass is 516 g/mol. The van der Waals surface area contributed by atoms with Crippen molar-refractivity contribution < 1.29 is 29.4 Å². The van der Waals surface area contributed by atoms with Crippen molar-refractivity contribution >= 4 is 68.5 Å². The number of amides is 2. The van der Waals surface area contributed by atoms with Crippen LogP contribution in [-0.4, -0.2) is 57.6 Å². The van der Waals surface area contributed by atoms with Crippen molar-refractivity contribution in [3.05, 3.63) is 69.7 Å². The number of halogens is 2. The quantitative estimate of drug-likeness (QED) is 0.263. The van der Waals surface area contributed by atoms with Crippen molar-refractivity contribution in [3.8, 4) is 0 Å². The van der Waals surface area contributed by atoms with Gasteiger partial charge < -0.3 is 20.8 Å². The first-order chi connectivity index (χ1) is 15.2. The highest BCUT2D eigenvalue weighted by atomic mass is 35.5. The maximum atomic E-state index is 12.2. The molecule has 2 rings (SSSR count). The molecule has 12 heteroatoms. The van der Waals surface area contributed by atoms with E-state index in [2.05, 4.69) is 10.6 Å². The van der Waals surface area contributed by atoms with Crippen LogP contribution in [0.25, 0.3) is 0 Å². The van der Waals surface area contributed by atoms with E-state index in [0.717, 1.165) is 21.6 Å². The Hall–Kier alpha value is -2.40. The fraction of sp³-hybridized carbons (Fsp3) is 0.200. The van der Waals surface area contributed by atoms with Crippen LogP contribution in [-0.2, 0) is 9.59 Å². The van der Waals surface area contributed by atoms with Crippen LogP contribution in [0.3, 0.4) is 0 Å². The molecule has 0 radical (unpaired) electrons. The van der Waals surface area contributed by atoms with Gasteiger partial charge in [-0.15, -0.1) is 0 Å². The molecule has 8 nitrogen and oxygen atoms in total.